The number of rotatable bonds is 3. The van der Waals surface area contributed by atoms with Crippen LogP contribution in [0.2, 0.25) is 0 Å². The predicted molar refractivity (Wildman–Crippen MR) is 86.0 cm³/mol. The molecule has 0 spiro atoms. The average Bonchev–Trinajstić information content (AvgIpc) is 2.88. The molecule has 23 heavy (non-hydrogen) atoms. The molecular formula is C16H13FN2O3S. The summed E-state index contributed by atoms with van der Waals surface area (Å²) in [6, 6.07) is 5.95. The van der Waals surface area contributed by atoms with Crippen molar-refractivity contribution < 1.29 is 13.9 Å². The zero-order valence-electron chi connectivity index (χ0n) is 12.5. The number of aromatic nitrogens is 2. The Morgan fingerprint density at radius 2 is 2.04 bits per heavy atom. The number of fused-ring (bicyclic) bond motifs is 1. The van der Waals surface area contributed by atoms with Gasteiger partial charge < -0.3 is 4.74 Å². The van der Waals surface area contributed by atoms with Crippen molar-refractivity contribution in [2.24, 2.45) is 0 Å². The molecule has 0 N–H and O–H groups in total. The van der Waals surface area contributed by atoms with Crippen molar-refractivity contribution in [1.82, 2.24) is 9.55 Å². The van der Waals surface area contributed by atoms with Crippen LogP contribution in [0.4, 0.5) is 4.39 Å². The summed E-state index contributed by atoms with van der Waals surface area (Å²) in [5, 5.41) is 0.436. The van der Waals surface area contributed by atoms with Crippen LogP contribution < -0.4 is 5.56 Å². The standard InChI is InChI=1S/C16H13FN2O3S/c1-9-13(10-3-5-11(17)6-4-10)14-15(23-9)18-8-19(16(14)21)7-12(20)22-2/h3-6,8H,7H2,1-2H3. The lowest BCUT2D eigenvalue weighted by Crippen LogP contribution is -2.25. The molecule has 3 aromatic rings. The Morgan fingerprint density at radius 1 is 1.35 bits per heavy atom. The Morgan fingerprint density at radius 3 is 2.70 bits per heavy atom. The fraction of sp³-hybridized carbons (Fsp3) is 0.188. The van der Waals surface area contributed by atoms with Crippen molar-refractivity contribution >= 4 is 27.5 Å². The van der Waals surface area contributed by atoms with E-state index in [1.807, 2.05) is 6.92 Å². The molecule has 0 saturated heterocycles. The van der Waals surface area contributed by atoms with Crippen LogP contribution in [0.3, 0.4) is 0 Å². The minimum atomic E-state index is -0.525. The highest BCUT2D eigenvalue weighted by atomic mass is 32.1. The van der Waals surface area contributed by atoms with Gasteiger partial charge in [0.1, 0.15) is 17.2 Å². The molecule has 0 radical (unpaired) electrons. The van der Waals surface area contributed by atoms with Crippen molar-refractivity contribution in [3.63, 3.8) is 0 Å². The molecule has 0 fully saturated rings. The second-order valence-corrected chi connectivity index (χ2v) is 6.18. The SMILES string of the molecule is COC(=O)Cn1cnc2sc(C)c(-c3ccc(F)cc3)c2c1=O. The molecule has 118 valence electrons. The van der Waals surface area contributed by atoms with E-state index < -0.39 is 5.97 Å². The van der Waals surface area contributed by atoms with Gasteiger partial charge in [0, 0.05) is 10.4 Å². The topological polar surface area (TPSA) is 61.2 Å². The van der Waals surface area contributed by atoms with Crippen molar-refractivity contribution in [1.29, 1.82) is 0 Å². The summed E-state index contributed by atoms with van der Waals surface area (Å²) >= 11 is 1.39. The highest BCUT2D eigenvalue weighted by Gasteiger charge is 2.17. The van der Waals surface area contributed by atoms with Gasteiger partial charge in [-0.15, -0.1) is 11.3 Å². The number of halogens is 1. The third kappa shape index (κ3) is 2.75. The first-order valence-electron chi connectivity index (χ1n) is 6.82. The third-order valence-corrected chi connectivity index (χ3v) is 4.53. The number of carbonyl (C=O) groups is 1. The van der Waals surface area contributed by atoms with Gasteiger partial charge in [-0.05, 0) is 24.6 Å². The fourth-order valence-corrected chi connectivity index (χ4v) is 3.42. The quantitative estimate of drug-likeness (QED) is 0.692. The van der Waals surface area contributed by atoms with E-state index in [0.717, 1.165) is 16.0 Å². The molecule has 1 aromatic carbocycles. The molecular weight excluding hydrogens is 319 g/mol. The summed E-state index contributed by atoms with van der Waals surface area (Å²) < 4.78 is 18.9. The Labute approximate surface area is 135 Å². The second-order valence-electron chi connectivity index (χ2n) is 4.97. The molecule has 0 aliphatic rings. The van der Waals surface area contributed by atoms with Crippen LogP contribution in [0.1, 0.15) is 4.88 Å². The number of hydrogen-bond acceptors (Lipinski definition) is 5. The largest absolute Gasteiger partial charge is 0.468 e. The predicted octanol–water partition coefficient (Wildman–Crippen LogP) is 2.75. The van der Waals surface area contributed by atoms with Crippen LogP contribution in [-0.2, 0) is 16.1 Å². The number of methoxy groups -OCH3 is 1. The lowest BCUT2D eigenvalue weighted by molar-refractivity contribution is -0.141. The van der Waals surface area contributed by atoms with Gasteiger partial charge in [0.2, 0.25) is 0 Å². The zero-order valence-corrected chi connectivity index (χ0v) is 13.3. The summed E-state index contributed by atoms with van der Waals surface area (Å²) in [6.07, 6.45) is 1.34. The molecule has 0 atom stereocenters. The molecule has 0 saturated carbocycles. The summed E-state index contributed by atoms with van der Waals surface area (Å²) in [5.41, 5.74) is 1.15. The van der Waals surface area contributed by atoms with Crippen molar-refractivity contribution in [3.8, 4) is 11.1 Å². The maximum absolute atomic E-state index is 13.1. The highest BCUT2D eigenvalue weighted by Crippen LogP contribution is 2.35. The van der Waals surface area contributed by atoms with E-state index in [-0.39, 0.29) is 17.9 Å². The van der Waals surface area contributed by atoms with Crippen molar-refractivity contribution in [3.05, 3.63) is 51.6 Å². The fourth-order valence-electron chi connectivity index (χ4n) is 2.42. The minimum Gasteiger partial charge on any atom is -0.468 e. The van der Waals surface area contributed by atoms with E-state index in [1.165, 1.54) is 41.5 Å². The van der Waals surface area contributed by atoms with E-state index in [0.29, 0.717) is 10.2 Å². The van der Waals surface area contributed by atoms with Crippen LogP contribution in [0, 0.1) is 12.7 Å². The first-order valence-corrected chi connectivity index (χ1v) is 7.64. The molecule has 2 heterocycles. The molecule has 0 amide bonds. The second kappa shape index (κ2) is 5.92. The maximum Gasteiger partial charge on any atom is 0.325 e. The minimum absolute atomic E-state index is 0.198. The molecule has 5 nitrogen and oxygen atoms in total. The number of carbonyl (C=O) groups excluding carboxylic acids is 1. The molecule has 0 aliphatic carbocycles. The van der Waals surface area contributed by atoms with Crippen LogP contribution in [0.25, 0.3) is 21.3 Å². The number of nitrogens with zero attached hydrogens (tertiary/aromatic N) is 2. The van der Waals surface area contributed by atoms with Gasteiger partial charge >= 0.3 is 5.97 Å². The molecule has 2 aromatic heterocycles. The monoisotopic (exact) mass is 332 g/mol. The number of benzene rings is 1. The Balaban J connectivity index is 2.23. The first kappa shape index (κ1) is 15.4. The molecule has 0 bridgehead atoms. The number of hydrogen-bond donors (Lipinski definition) is 0. The van der Waals surface area contributed by atoms with E-state index >= 15 is 0 Å². The summed E-state index contributed by atoms with van der Waals surface area (Å²) in [5.74, 6) is -0.865. The molecule has 7 heteroatoms. The van der Waals surface area contributed by atoms with Gasteiger partial charge in [-0.1, -0.05) is 12.1 Å². The first-order chi connectivity index (χ1) is 11.0. The normalized spacial score (nSPS) is 10.9. The van der Waals surface area contributed by atoms with Gasteiger partial charge in [0.25, 0.3) is 5.56 Å². The average molecular weight is 332 g/mol. The molecule has 0 unspecified atom stereocenters. The Bertz CT molecular complexity index is 944. The smallest absolute Gasteiger partial charge is 0.325 e. The number of ether oxygens (including phenoxy) is 1. The van der Waals surface area contributed by atoms with Crippen LogP contribution in [0.5, 0.6) is 0 Å². The summed E-state index contributed by atoms with van der Waals surface area (Å²) in [4.78, 5) is 29.9. The number of esters is 1. The number of aryl methyl sites for hydroxylation is 1. The van der Waals surface area contributed by atoms with Gasteiger partial charge in [0.05, 0.1) is 18.8 Å². The van der Waals surface area contributed by atoms with Gasteiger partial charge in [-0.25, -0.2) is 9.37 Å². The molecule has 0 aliphatic heterocycles. The molecule has 3 rings (SSSR count). The van der Waals surface area contributed by atoms with E-state index in [2.05, 4.69) is 9.72 Å². The van der Waals surface area contributed by atoms with Crippen LogP contribution in [0.15, 0.2) is 35.4 Å². The van der Waals surface area contributed by atoms with Gasteiger partial charge in [-0.2, -0.15) is 0 Å². The van der Waals surface area contributed by atoms with E-state index in [1.54, 1.807) is 12.1 Å². The van der Waals surface area contributed by atoms with Crippen LogP contribution in [-0.4, -0.2) is 22.6 Å². The third-order valence-electron chi connectivity index (χ3n) is 3.51. The Kier molecular flexibility index (Phi) is 3.96. The van der Waals surface area contributed by atoms with Crippen molar-refractivity contribution in [2.75, 3.05) is 7.11 Å². The highest BCUT2D eigenvalue weighted by molar-refractivity contribution is 7.19. The van der Waals surface area contributed by atoms with Crippen molar-refractivity contribution in [2.45, 2.75) is 13.5 Å². The van der Waals surface area contributed by atoms with E-state index in [9.17, 15) is 14.0 Å². The van der Waals surface area contributed by atoms with Gasteiger partial charge in [-0.3, -0.25) is 14.2 Å². The lowest BCUT2D eigenvalue weighted by atomic mass is 10.0. The Hall–Kier alpha value is -2.54. The summed E-state index contributed by atoms with van der Waals surface area (Å²) in [6.45, 7) is 1.69. The van der Waals surface area contributed by atoms with E-state index in [4.69, 9.17) is 0 Å². The zero-order chi connectivity index (χ0) is 16.6. The maximum atomic E-state index is 13.1. The van der Waals surface area contributed by atoms with Gasteiger partial charge in [0.15, 0.2) is 0 Å². The summed E-state index contributed by atoms with van der Waals surface area (Å²) in [7, 11) is 1.26. The number of thiophene rings is 1. The lowest BCUT2D eigenvalue weighted by Gasteiger charge is -2.05. The van der Waals surface area contributed by atoms with Crippen LogP contribution >= 0.6 is 11.3 Å².